The lowest BCUT2D eigenvalue weighted by Crippen LogP contribution is -2.63. The molecule has 224 valence electrons. The van der Waals surface area contributed by atoms with Crippen molar-refractivity contribution in [2.45, 2.75) is 162 Å². The zero-order valence-corrected chi connectivity index (χ0v) is 28.0. The van der Waals surface area contributed by atoms with Gasteiger partial charge in [0.15, 0.2) is 0 Å². The second kappa shape index (κ2) is 12.0. The zero-order chi connectivity index (χ0) is 29.4. The van der Waals surface area contributed by atoms with E-state index in [0.29, 0.717) is 12.1 Å². The minimum Gasteiger partial charge on any atom is -0.338 e. The summed E-state index contributed by atoms with van der Waals surface area (Å²) >= 11 is 6.87. The Balaban J connectivity index is 2.04. The zero-order valence-electron chi connectivity index (χ0n) is 27.2. The molecule has 1 aromatic heterocycles. The third-order valence-electron chi connectivity index (χ3n) is 9.44. The number of rotatable bonds is 10. The fraction of sp³-hybridized carbons (Fsp3) is 0.903. The Kier molecular flexibility index (Phi) is 9.93. The molecule has 0 bridgehead atoms. The Hall–Kier alpha value is -1.18. The molecular weight excluding hydrogens is 506 g/mol. The first kappa shape index (κ1) is 32.3. The van der Waals surface area contributed by atoms with Crippen LogP contribution >= 0.6 is 11.8 Å². The van der Waals surface area contributed by atoms with Crippen molar-refractivity contribution >= 4 is 23.7 Å². The number of anilines is 2. The minimum atomic E-state index is -0.123. The van der Waals surface area contributed by atoms with E-state index in [1.54, 1.807) is 0 Å². The van der Waals surface area contributed by atoms with Crippen molar-refractivity contribution in [2.75, 3.05) is 29.9 Å². The molecule has 2 saturated heterocycles. The van der Waals surface area contributed by atoms with Gasteiger partial charge >= 0.3 is 0 Å². The van der Waals surface area contributed by atoms with E-state index in [4.69, 9.17) is 26.7 Å². The highest BCUT2D eigenvalue weighted by Gasteiger charge is 2.48. The maximum atomic E-state index is 6.87. The molecule has 0 unspecified atom stereocenters. The van der Waals surface area contributed by atoms with Gasteiger partial charge < -0.3 is 9.80 Å². The second-order valence-corrected chi connectivity index (χ2v) is 15.1. The van der Waals surface area contributed by atoms with Crippen LogP contribution in [0.2, 0.25) is 0 Å². The lowest BCUT2D eigenvalue weighted by Gasteiger charge is -2.55. The van der Waals surface area contributed by atoms with E-state index in [9.17, 15) is 0 Å². The van der Waals surface area contributed by atoms with Gasteiger partial charge in [0.25, 0.3) is 0 Å². The van der Waals surface area contributed by atoms with Gasteiger partial charge in [-0.15, -0.1) is 0 Å². The van der Waals surface area contributed by atoms with Gasteiger partial charge in [0.2, 0.25) is 11.9 Å². The van der Waals surface area contributed by atoms with Gasteiger partial charge in [-0.05, 0) is 120 Å². The van der Waals surface area contributed by atoms with Gasteiger partial charge in [0, 0.05) is 47.3 Å². The average Bonchev–Trinajstić information content (AvgIpc) is 2.80. The van der Waals surface area contributed by atoms with Crippen LogP contribution in [0.3, 0.4) is 0 Å². The van der Waals surface area contributed by atoms with E-state index in [2.05, 4.69) is 91.0 Å². The third kappa shape index (κ3) is 7.19. The van der Waals surface area contributed by atoms with E-state index in [-0.39, 0.29) is 22.2 Å². The van der Waals surface area contributed by atoms with Gasteiger partial charge in [-0.3, -0.25) is 4.90 Å². The van der Waals surface area contributed by atoms with Crippen molar-refractivity contribution in [1.82, 2.24) is 24.3 Å². The monoisotopic (exact) mass is 563 g/mol. The van der Waals surface area contributed by atoms with Crippen molar-refractivity contribution in [3.8, 4) is 0 Å². The van der Waals surface area contributed by atoms with Crippen LogP contribution in [-0.2, 0) is 0 Å². The molecule has 0 N–H and O–H groups in total. The molecule has 8 heteroatoms. The fourth-order valence-electron chi connectivity index (χ4n) is 7.22. The third-order valence-corrected chi connectivity index (χ3v) is 10.4. The molecule has 3 rings (SSSR count). The van der Waals surface area contributed by atoms with Crippen LogP contribution in [0.4, 0.5) is 11.9 Å². The van der Waals surface area contributed by atoms with Gasteiger partial charge in [-0.1, -0.05) is 26.7 Å². The van der Waals surface area contributed by atoms with Crippen LogP contribution in [0.25, 0.3) is 0 Å². The molecule has 3 heterocycles. The van der Waals surface area contributed by atoms with Crippen molar-refractivity contribution in [2.24, 2.45) is 0 Å². The first-order valence-electron chi connectivity index (χ1n) is 15.4. The molecule has 39 heavy (non-hydrogen) atoms. The largest absolute Gasteiger partial charge is 0.338 e. The fourth-order valence-corrected chi connectivity index (χ4v) is 7.36. The first-order chi connectivity index (χ1) is 17.9. The van der Waals surface area contributed by atoms with Crippen LogP contribution in [0.15, 0.2) is 0 Å². The van der Waals surface area contributed by atoms with Gasteiger partial charge in [-0.2, -0.15) is 15.0 Å². The number of nitrogens with zero attached hydrogens (tertiary/aromatic N) is 7. The Morgan fingerprint density at radius 1 is 0.692 bits per heavy atom. The molecule has 1 aromatic rings. The standard InChI is InChI=1S/C31H58ClN7/c1-13-15-17-37(24-19-28(4,5)36(12)29(6,7)20-24)26-33-23(3)34-27(35-26)38(18-16-14-2)25-21-30(8,9)39(32)31(10,11)22-25/h24-25H,13-22H2,1-12H3. The smallest absolute Gasteiger partial charge is 0.230 e. The predicted octanol–water partition coefficient (Wildman–Crippen LogP) is 7.22. The molecule has 0 saturated carbocycles. The lowest BCUT2D eigenvalue weighted by atomic mass is 9.77. The van der Waals surface area contributed by atoms with Crippen LogP contribution < -0.4 is 9.80 Å². The second-order valence-electron chi connectivity index (χ2n) is 14.8. The van der Waals surface area contributed by atoms with E-state index in [0.717, 1.165) is 82.2 Å². The highest BCUT2D eigenvalue weighted by atomic mass is 35.5. The quantitative estimate of drug-likeness (QED) is 0.278. The Morgan fingerprint density at radius 3 is 1.41 bits per heavy atom. The SMILES string of the molecule is CCCCN(c1nc(C)nc(N(CCCC)C2CC(C)(C)N(Cl)C(C)(C)C2)n1)C1CC(C)(C)N(C)C(C)(C)C1. The maximum Gasteiger partial charge on any atom is 0.230 e. The summed E-state index contributed by atoms with van der Waals surface area (Å²) in [5.41, 5.74) is -0.0487. The Morgan fingerprint density at radius 2 is 1.05 bits per heavy atom. The number of aryl methyl sites for hydroxylation is 1. The van der Waals surface area contributed by atoms with Gasteiger partial charge in [0.1, 0.15) is 5.82 Å². The maximum absolute atomic E-state index is 6.87. The van der Waals surface area contributed by atoms with Crippen LogP contribution in [0.5, 0.6) is 0 Å². The topological polar surface area (TPSA) is 51.6 Å². The number of piperidine rings is 2. The highest BCUT2D eigenvalue weighted by Crippen LogP contribution is 2.43. The summed E-state index contributed by atoms with van der Waals surface area (Å²) in [5.74, 6) is 2.48. The number of aromatic nitrogens is 3. The molecule has 2 fully saturated rings. The van der Waals surface area contributed by atoms with Crippen molar-refractivity contribution in [3.05, 3.63) is 5.82 Å². The van der Waals surface area contributed by atoms with Gasteiger partial charge in [0.05, 0.1) is 0 Å². The lowest BCUT2D eigenvalue weighted by molar-refractivity contribution is -0.0129. The number of unbranched alkanes of at least 4 members (excludes halogenated alkanes) is 2. The summed E-state index contributed by atoms with van der Waals surface area (Å²) in [4.78, 5) is 22.8. The molecule has 0 amide bonds. The van der Waals surface area contributed by atoms with E-state index in [1.165, 1.54) is 0 Å². The molecular formula is C31H58ClN7. The number of likely N-dealkylation sites (tertiary alicyclic amines) is 1. The van der Waals surface area contributed by atoms with Gasteiger partial charge in [-0.25, -0.2) is 4.42 Å². The number of hydrogen-bond acceptors (Lipinski definition) is 7. The van der Waals surface area contributed by atoms with Crippen molar-refractivity contribution < 1.29 is 0 Å². The van der Waals surface area contributed by atoms with E-state index >= 15 is 0 Å². The van der Waals surface area contributed by atoms with Crippen molar-refractivity contribution in [3.63, 3.8) is 0 Å². The minimum absolute atomic E-state index is 0.0989. The normalized spacial score (nSPS) is 23.6. The molecule has 2 aliphatic heterocycles. The Labute approximate surface area is 245 Å². The molecule has 7 nitrogen and oxygen atoms in total. The molecule has 0 aliphatic carbocycles. The van der Waals surface area contributed by atoms with Crippen molar-refractivity contribution in [1.29, 1.82) is 0 Å². The molecule has 0 atom stereocenters. The summed E-state index contributed by atoms with van der Waals surface area (Å²) in [7, 11) is 2.28. The summed E-state index contributed by atoms with van der Waals surface area (Å²) in [5, 5.41) is 0. The Bertz CT molecular complexity index is 852. The summed E-state index contributed by atoms with van der Waals surface area (Å²) in [6, 6.07) is 0.699. The molecule has 2 aliphatic rings. The summed E-state index contributed by atoms with van der Waals surface area (Å²) in [6.45, 7) is 27.0. The summed E-state index contributed by atoms with van der Waals surface area (Å²) in [6.07, 6.45) is 8.65. The first-order valence-corrected chi connectivity index (χ1v) is 15.7. The molecule has 0 spiro atoms. The van der Waals surface area contributed by atoms with Crippen LogP contribution in [-0.4, -0.2) is 78.6 Å². The van der Waals surface area contributed by atoms with E-state index in [1.807, 2.05) is 11.3 Å². The predicted molar refractivity (Wildman–Crippen MR) is 167 cm³/mol. The number of halogens is 1. The summed E-state index contributed by atoms with van der Waals surface area (Å²) < 4.78 is 2.04. The average molecular weight is 564 g/mol. The number of hydrogen-bond donors (Lipinski definition) is 0. The molecule has 0 radical (unpaired) electrons. The molecule has 0 aromatic carbocycles. The van der Waals surface area contributed by atoms with E-state index < -0.39 is 0 Å². The van der Waals surface area contributed by atoms with Crippen LogP contribution in [0, 0.1) is 6.92 Å². The highest BCUT2D eigenvalue weighted by molar-refractivity contribution is 6.14. The van der Waals surface area contributed by atoms with Crippen LogP contribution in [0.1, 0.15) is 126 Å².